The zero-order chi connectivity index (χ0) is 10.6. The molecule has 0 aromatic heterocycles. The maximum absolute atomic E-state index is 11.5. The zero-order valence-electron chi connectivity index (χ0n) is 9.34. The molecule has 82 valence electrons. The monoisotopic (exact) mass is 216 g/mol. The van der Waals surface area contributed by atoms with Crippen LogP contribution in [0.25, 0.3) is 0 Å². The van der Waals surface area contributed by atoms with Gasteiger partial charge in [-0.15, -0.1) is 0 Å². The van der Waals surface area contributed by atoms with Gasteiger partial charge in [-0.05, 0) is 42.4 Å². The molecule has 2 nitrogen and oxygen atoms in total. The van der Waals surface area contributed by atoms with Crippen molar-refractivity contribution in [3.05, 3.63) is 0 Å². The Bertz CT molecular complexity index is 332. The van der Waals surface area contributed by atoms with Crippen LogP contribution in [0.1, 0.15) is 39.5 Å². The molecule has 0 radical (unpaired) electrons. The molecule has 2 aliphatic rings. The molecule has 0 N–H and O–H groups in total. The largest absolute Gasteiger partial charge is 0.229 e. The van der Waals surface area contributed by atoms with Gasteiger partial charge in [0.2, 0.25) is 0 Å². The first kappa shape index (κ1) is 10.5. The summed E-state index contributed by atoms with van der Waals surface area (Å²) in [6.45, 7) is 4.53. The Kier molecular flexibility index (Phi) is 2.05. The minimum absolute atomic E-state index is 0.102. The Morgan fingerprint density at radius 2 is 1.71 bits per heavy atom. The van der Waals surface area contributed by atoms with E-state index in [9.17, 15) is 8.42 Å². The van der Waals surface area contributed by atoms with E-state index < -0.39 is 9.84 Å². The molecule has 2 aliphatic carbocycles. The Labute approximate surface area is 87.0 Å². The van der Waals surface area contributed by atoms with Crippen LogP contribution in [0, 0.1) is 16.7 Å². The smallest absolute Gasteiger partial charge is 0.148 e. The first-order valence-electron chi connectivity index (χ1n) is 5.45. The number of fused-ring (bicyclic) bond motifs is 2. The molecule has 3 heteroatoms. The van der Waals surface area contributed by atoms with Crippen LogP contribution >= 0.6 is 0 Å². The highest BCUT2D eigenvalue weighted by Crippen LogP contribution is 2.65. The fourth-order valence-corrected chi connectivity index (χ4v) is 5.47. The minimum atomic E-state index is -2.82. The zero-order valence-corrected chi connectivity index (χ0v) is 10.2. The van der Waals surface area contributed by atoms with E-state index >= 15 is 0 Å². The van der Waals surface area contributed by atoms with Crippen LogP contribution in [-0.4, -0.2) is 20.4 Å². The van der Waals surface area contributed by atoms with Crippen molar-refractivity contribution in [1.82, 2.24) is 0 Å². The number of hydrogen-bond acceptors (Lipinski definition) is 2. The fraction of sp³-hybridized carbons (Fsp3) is 1.00. The molecule has 0 amide bonds. The van der Waals surface area contributed by atoms with Crippen molar-refractivity contribution in [2.45, 2.75) is 39.5 Å². The van der Waals surface area contributed by atoms with Crippen LogP contribution < -0.4 is 0 Å². The second-order valence-electron chi connectivity index (χ2n) is 5.85. The molecule has 0 aromatic carbocycles. The summed E-state index contributed by atoms with van der Waals surface area (Å²) in [5.41, 5.74) is 0.349. The number of hydrogen-bond donors (Lipinski definition) is 0. The maximum Gasteiger partial charge on any atom is 0.148 e. The summed E-state index contributed by atoms with van der Waals surface area (Å²) in [6, 6.07) is 0. The standard InChI is InChI=1S/C11H20O2S/c1-10(2)9-4-6-11(10,7-5-9)8-14(3,12)13/h9H,4-8H2,1-3H3. The van der Waals surface area contributed by atoms with Gasteiger partial charge in [0, 0.05) is 6.26 Å². The average Bonchev–Trinajstić information content (AvgIpc) is 2.34. The Hall–Kier alpha value is -0.0500. The summed E-state index contributed by atoms with van der Waals surface area (Å²) in [6.07, 6.45) is 6.10. The molecule has 2 rings (SSSR count). The molecule has 0 aromatic rings. The first-order valence-corrected chi connectivity index (χ1v) is 7.51. The van der Waals surface area contributed by atoms with Gasteiger partial charge in [-0.3, -0.25) is 0 Å². The predicted molar refractivity (Wildman–Crippen MR) is 57.9 cm³/mol. The average molecular weight is 216 g/mol. The highest BCUT2D eigenvalue weighted by atomic mass is 32.2. The quantitative estimate of drug-likeness (QED) is 0.709. The van der Waals surface area contributed by atoms with Gasteiger partial charge < -0.3 is 0 Å². The third-order valence-corrected chi connectivity index (χ3v) is 5.95. The van der Waals surface area contributed by atoms with Crippen LogP contribution in [0.5, 0.6) is 0 Å². The maximum atomic E-state index is 11.5. The van der Waals surface area contributed by atoms with Crippen LogP contribution in [0.3, 0.4) is 0 Å². The molecule has 0 spiro atoms. The molecule has 2 saturated carbocycles. The van der Waals surface area contributed by atoms with Gasteiger partial charge in [0.25, 0.3) is 0 Å². The van der Waals surface area contributed by atoms with E-state index in [1.54, 1.807) is 0 Å². The molecule has 0 aliphatic heterocycles. The van der Waals surface area contributed by atoms with Crippen LogP contribution in [0.15, 0.2) is 0 Å². The van der Waals surface area contributed by atoms with Gasteiger partial charge in [-0.1, -0.05) is 13.8 Å². The van der Waals surface area contributed by atoms with Crippen molar-refractivity contribution in [3.8, 4) is 0 Å². The SMILES string of the molecule is CC1(C)C2CCC1(CS(C)(=O)=O)CC2. The van der Waals surface area contributed by atoms with Crippen molar-refractivity contribution in [3.63, 3.8) is 0 Å². The van der Waals surface area contributed by atoms with E-state index in [1.807, 2.05) is 0 Å². The molecule has 0 heterocycles. The van der Waals surface area contributed by atoms with E-state index in [0.717, 1.165) is 18.8 Å². The predicted octanol–water partition coefficient (Wildman–Crippen LogP) is 2.25. The number of rotatable bonds is 2. The molecule has 14 heavy (non-hydrogen) atoms. The minimum Gasteiger partial charge on any atom is -0.229 e. The Morgan fingerprint density at radius 3 is 2.00 bits per heavy atom. The van der Waals surface area contributed by atoms with Gasteiger partial charge in [0.1, 0.15) is 9.84 Å². The lowest BCUT2D eigenvalue weighted by Crippen LogP contribution is -2.36. The summed E-state index contributed by atoms with van der Waals surface area (Å²) >= 11 is 0. The van der Waals surface area contributed by atoms with Gasteiger partial charge in [0.15, 0.2) is 0 Å². The fourth-order valence-electron chi connectivity index (χ4n) is 3.80. The lowest BCUT2D eigenvalue weighted by atomic mass is 9.71. The summed E-state index contributed by atoms with van der Waals surface area (Å²) in [5, 5.41) is 0. The van der Waals surface area contributed by atoms with E-state index in [0.29, 0.717) is 5.75 Å². The first-order chi connectivity index (χ1) is 6.27. The second-order valence-corrected chi connectivity index (χ2v) is 7.99. The van der Waals surface area contributed by atoms with Crippen molar-refractivity contribution >= 4 is 9.84 Å². The lowest BCUT2D eigenvalue weighted by molar-refractivity contribution is 0.155. The highest BCUT2D eigenvalue weighted by molar-refractivity contribution is 7.90. The summed E-state index contributed by atoms with van der Waals surface area (Å²) < 4.78 is 22.9. The third-order valence-electron chi connectivity index (χ3n) is 4.87. The molecule has 0 atom stereocenters. The van der Waals surface area contributed by atoms with Crippen LogP contribution in [-0.2, 0) is 9.84 Å². The molecule has 0 saturated heterocycles. The van der Waals surface area contributed by atoms with Gasteiger partial charge in [0.05, 0.1) is 5.75 Å². The van der Waals surface area contributed by atoms with E-state index in [-0.39, 0.29) is 10.8 Å². The Balaban J connectivity index is 2.32. The van der Waals surface area contributed by atoms with Crippen molar-refractivity contribution in [1.29, 1.82) is 0 Å². The topological polar surface area (TPSA) is 34.1 Å². The summed E-state index contributed by atoms with van der Waals surface area (Å²) in [7, 11) is -2.82. The molecule has 2 fully saturated rings. The van der Waals surface area contributed by atoms with Crippen LogP contribution in [0.2, 0.25) is 0 Å². The third kappa shape index (κ3) is 1.32. The lowest BCUT2D eigenvalue weighted by Gasteiger charge is -2.37. The normalized spacial score (nSPS) is 40.4. The van der Waals surface area contributed by atoms with Crippen molar-refractivity contribution in [2.75, 3.05) is 12.0 Å². The molecular weight excluding hydrogens is 196 g/mol. The Morgan fingerprint density at radius 1 is 1.21 bits per heavy atom. The van der Waals surface area contributed by atoms with Crippen molar-refractivity contribution in [2.24, 2.45) is 16.7 Å². The van der Waals surface area contributed by atoms with E-state index in [4.69, 9.17) is 0 Å². The second kappa shape index (κ2) is 2.75. The summed E-state index contributed by atoms with van der Waals surface area (Å²) in [5.74, 6) is 1.17. The molecular formula is C11H20O2S. The van der Waals surface area contributed by atoms with Crippen molar-refractivity contribution < 1.29 is 8.42 Å². The van der Waals surface area contributed by atoms with Crippen LogP contribution in [0.4, 0.5) is 0 Å². The van der Waals surface area contributed by atoms with Gasteiger partial charge in [-0.25, -0.2) is 8.42 Å². The van der Waals surface area contributed by atoms with Gasteiger partial charge >= 0.3 is 0 Å². The number of sulfone groups is 1. The molecule has 0 unspecified atom stereocenters. The van der Waals surface area contributed by atoms with E-state index in [1.165, 1.54) is 19.1 Å². The summed E-state index contributed by atoms with van der Waals surface area (Å²) in [4.78, 5) is 0. The highest BCUT2D eigenvalue weighted by Gasteiger charge is 2.59. The van der Waals surface area contributed by atoms with Gasteiger partial charge in [-0.2, -0.15) is 0 Å². The van der Waals surface area contributed by atoms with E-state index in [2.05, 4.69) is 13.8 Å². The molecule has 2 bridgehead atoms.